The lowest BCUT2D eigenvalue weighted by Gasteiger charge is -2.02. The van der Waals surface area contributed by atoms with Gasteiger partial charge < -0.3 is 5.32 Å². The van der Waals surface area contributed by atoms with E-state index in [9.17, 15) is 8.78 Å². The highest BCUT2D eigenvalue weighted by molar-refractivity contribution is 4.77. The van der Waals surface area contributed by atoms with E-state index < -0.39 is 5.92 Å². The van der Waals surface area contributed by atoms with Gasteiger partial charge in [0.2, 0.25) is 0 Å². The molecular weight excluding hydrogens is 172 g/mol. The van der Waals surface area contributed by atoms with Crippen molar-refractivity contribution in [2.75, 3.05) is 13.1 Å². The predicted molar refractivity (Wildman–Crippen MR) is 54.3 cm³/mol. The molecule has 0 amide bonds. The summed E-state index contributed by atoms with van der Waals surface area (Å²) in [5.41, 5.74) is 0. The molecule has 1 N–H and O–H groups in total. The fraction of sp³-hybridized carbons (Fsp3) is 1.00. The smallest absolute Gasteiger partial charge is 0.261 e. The average Bonchev–Trinajstić information content (AvgIpc) is 2.37. The molecule has 0 unspecified atom stereocenters. The third-order valence-electron chi connectivity index (χ3n) is 1.05. The topological polar surface area (TPSA) is 12.0 Å². The summed E-state index contributed by atoms with van der Waals surface area (Å²) in [5.74, 6) is -1.58. The van der Waals surface area contributed by atoms with Gasteiger partial charge in [-0.15, -0.1) is 0 Å². The van der Waals surface area contributed by atoms with Crippen molar-refractivity contribution in [2.24, 2.45) is 5.92 Å². The van der Waals surface area contributed by atoms with Crippen LogP contribution in [0.25, 0.3) is 0 Å². The molecule has 3 heteroatoms. The predicted octanol–water partition coefficient (Wildman–Crippen LogP) is 3.30. The highest BCUT2D eigenvalue weighted by Crippen LogP contribution is 2.19. The van der Waals surface area contributed by atoms with Gasteiger partial charge in [-0.25, -0.2) is 8.78 Å². The zero-order valence-electron chi connectivity index (χ0n) is 9.45. The van der Waals surface area contributed by atoms with E-state index in [1.54, 1.807) is 0 Å². The summed E-state index contributed by atoms with van der Waals surface area (Å²) in [5, 5.41) is 2.56. The molecule has 0 aromatic rings. The molecule has 1 saturated heterocycles. The zero-order chi connectivity index (χ0) is 10.9. The normalized spacial score (nSPS) is 18.5. The number of alkyl halides is 2. The Morgan fingerprint density at radius 1 is 1.15 bits per heavy atom. The molecule has 1 aliphatic rings. The summed E-state index contributed by atoms with van der Waals surface area (Å²) in [6.45, 7) is 10.8. The fourth-order valence-electron chi connectivity index (χ4n) is 0.631. The van der Waals surface area contributed by atoms with Crippen LogP contribution in [0.2, 0.25) is 0 Å². The van der Waals surface area contributed by atoms with Crippen molar-refractivity contribution in [2.45, 2.75) is 47.0 Å². The number of hydrogen-bond acceptors (Lipinski definition) is 1. The highest BCUT2D eigenvalue weighted by Gasteiger charge is 2.32. The van der Waals surface area contributed by atoms with Crippen molar-refractivity contribution in [3.05, 3.63) is 0 Å². The van der Waals surface area contributed by atoms with E-state index >= 15 is 0 Å². The summed E-state index contributed by atoms with van der Waals surface area (Å²) in [7, 11) is 0. The molecule has 0 spiro atoms. The van der Waals surface area contributed by atoms with Gasteiger partial charge in [0.1, 0.15) is 0 Å². The molecule has 0 aliphatic carbocycles. The molecular formula is C10H23F2N. The Kier molecular flexibility index (Phi) is 9.91. The molecule has 1 heterocycles. The summed E-state index contributed by atoms with van der Waals surface area (Å²) in [4.78, 5) is 0. The largest absolute Gasteiger partial charge is 0.311 e. The van der Waals surface area contributed by atoms with Crippen LogP contribution in [-0.4, -0.2) is 19.0 Å². The van der Waals surface area contributed by atoms with Gasteiger partial charge in [0.05, 0.1) is 6.54 Å². The standard InChI is InChI=1S/C4H7F2N.C4H10.C2H6/c5-4(6)1-2-7-3-4;1-4(2)3;1-2/h7H,1-3H2;4H,1-3H3;1-2H3. The monoisotopic (exact) mass is 195 g/mol. The van der Waals surface area contributed by atoms with Crippen LogP contribution in [0.5, 0.6) is 0 Å². The van der Waals surface area contributed by atoms with Crippen LogP contribution in [0.3, 0.4) is 0 Å². The van der Waals surface area contributed by atoms with Crippen LogP contribution in [0.15, 0.2) is 0 Å². The van der Waals surface area contributed by atoms with E-state index in [-0.39, 0.29) is 13.0 Å². The molecule has 0 aromatic carbocycles. The van der Waals surface area contributed by atoms with E-state index in [0.29, 0.717) is 6.54 Å². The summed E-state index contributed by atoms with van der Waals surface area (Å²) < 4.78 is 23.8. The van der Waals surface area contributed by atoms with Crippen molar-refractivity contribution in [1.29, 1.82) is 0 Å². The summed E-state index contributed by atoms with van der Waals surface area (Å²) in [6, 6.07) is 0. The zero-order valence-corrected chi connectivity index (χ0v) is 9.45. The van der Waals surface area contributed by atoms with E-state index in [1.807, 2.05) is 13.8 Å². The van der Waals surface area contributed by atoms with Crippen LogP contribution in [0.1, 0.15) is 41.0 Å². The third kappa shape index (κ3) is 14.7. The maximum absolute atomic E-state index is 11.9. The summed E-state index contributed by atoms with van der Waals surface area (Å²) >= 11 is 0. The first-order chi connectivity index (χ1) is 5.94. The van der Waals surface area contributed by atoms with Crippen molar-refractivity contribution in [3.8, 4) is 0 Å². The molecule has 82 valence electrons. The van der Waals surface area contributed by atoms with Crippen molar-refractivity contribution < 1.29 is 8.78 Å². The molecule has 1 fully saturated rings. The molecule has 0 aromatic heterocycles. The van der Waals surface area contributed by atoms with Gasteiger partial charge in [-0.3, -0.25) is 0 Å². The second kappa shape index (κ2) is 8.42. The van der Waals surface area contributed by atoms with Gasteiger partial charge in [-0.2, -0.15) is 0 Å². The van der Waals surface area contributed by atoms with Crippen LogP contribution in [-0.2, 0) is 0 Å². The van der Waals surface area contributed by atoms with E-state index in [0.717, 1.165) is 5.92 Å². The van der Waals surface area contributed by atoms with Crippen molar-refractivity contribution in [1.82, 2.24) is 5.32 Å². The van der Waals surface area contributed by atoms with E-state index in [4.69, 9.17) is 0 Å². The first-order valence-electron chi connectivity index (χ1n) is 5.02. The van der Waals surface area contributed by atoms with Gasteiger partial charge >= 0.3 is 0 Å². The molecule has 13 heavy (non-hydrogen) atoms. The number of nitrogens with one attached hydrogen (secondary N) is 1. The Labute approximate surface area is 80.9 Å². The minimum Gasteiger partial charge on any atom is -0.311 e. The Balaban J connectivity index is 0. The molecule has 1 nitrogen and oxygen atoms in total. The van der Waals surface area contributed by atoms with Gasteiger partial charge in [-0.1, -0.05) is 34.6 Å². The third-order valence-corrected chi connectivity index (χ3v) is 1.05. The maximum Gasteiger partial charge on any atom is 0.261 e. The minimum absolute atomic E-state index is 0.00694. The minimum atomic E-state index is -2.42. The van der Waals surface area contributed by atoms with Crippen molar-refractivity contribution in [3.63, 3.8) is 0 Å². The Morgan fingerprint density at radius 3 is 1.62 bits per heavy atom. The fourth-order valence-corrected chi connectivity index (χ4v) is 0.631. The first-order valence-corrected chi connectivity index (χ1v) is 5.02. The molecule has 1 aliphatic heterocycles. The van der Waals surface area contributed by atoms with Crippen molar-refractivity contribution >= 4 is 0 Å². The first kappa shape index (κ1) is 15.3. The number of hydrogen-bond donors (Lipinski definition) is 1. The molecule has 1 rings (SSSR count). The quantitative estimate of drug-likeness (QED) is 0.625. The SMILES string of the molecule is CC.CC(C)C.FC1(F)CCNC1. The second-order valence-electron chi connectivity index (χ2n) is 3.51. The van der Waals surface area contributed by atoms with E-state index in [1.165, 1.54) is 0 Å². The highest BCUT2D eigenvalue weighted by atomic mass is 19.3. The number of halogens is 2. The Bertz CT molecular complexity index is 92.3. The van der Waals surface area contributed by atoms with Gasteiger partial charge in [0.15, 0.2) is 0 Å². The molecule has 0 bridgehead atoms. The lowest BCUT2D eigenvalue weighted by atomic mass is 10.3. The van der Waals surface area contributed by atoms with Gasteiger partial charge in [0, 0.05) is 13.0 Å². The van der Waals surface area contributed by atoms with Crippen LogP contribution in [0.4, 0.5) is 8.78 Å². The second-order valence-corrected chi connectivity index (χ2v) is 3.51. The Hall–Kier alpha value is -0.180. The van der Waals surface area contributed by atoms with Crippen LogP contribution < -0.4 is 5.32 Å². The van der Waals surface area contributed by atoms with Gasteiger partial charge in [-0.05, 0) is 5.92 Å². The van der Waals surface area contributed by atoms with Crippen LogP contribution in [0, 0.1) is 5.92 Å². The van der Waals surface area contributed by atoms with Crippen LogP contribution >= 0.6 is 0 Å². The lowest BCUT2D eigenvalue weighted by molar-refractivity contribution is 0.0238. The molecule has 0 atom stereocenters. The Morgan fingerprint density at radius 2 is 1.54 bits per heavy atom. The van der Waals surface area contributed by atoms with E-state index in [2.05, 4.69) is 26.1 Å². The lowest BCUT2D eigenvalue weighted by Crippen LogP contribution is -2.18. The molecule has 0 radical (unpaired) electrons. The summed E-state index contributed by atoms with van der Waals surface area (Å²) in [6.07, 6.45) is 0.00694. The average molecular weight is 195 g/mol. The molecule has 0 saturated carbocycles. The maximum atomic E-state index is 11.9. The number of rotatable bonds is 0. The van der Waals surface area contributed by atoms with Gasteiger partial charge in [0.25, 0.3) is 5.92 Å².